The number of rotatable bonds is 3. The van der Waals surface area contributed by atoms with Crippen LogP contribution in [0.25, 0.3) is 0 Å². The minimum absolute atomic E-state index is 0.250. The molecular weight excluding hydrogens is 178 g/mol. The number of hydrogen-bond acceptors (Lipinski definition) is 3. The number of nitrogens with one attached hydrogen (secondary N) is 1. The smallest absolute Gasteiger partial charge is 0.302 e. The van der Waals surface area contributed by atoms with Gasteiger partial charge >= 0.3 is 5.97 Å². The molecule has 0 aliphatic rings. The van der Waals surface area contributed by atoms with E-state index in [2.05, 4.69) is 5.32 Å². The SMILES string of the molecule is CNc1ccc(COC(C)=O)cc1C. The Kier molecular flexibility index (Phi) is 3.51. The van der Waals surface area contributed by atoms with Gasteiger partial charge in [0.1, 0.15) is 6.61 Å². The Balaban J connectivity index is 2.71. The van der Waals surface area contributed by atoms with Gasteiger partial charge < -0.3 is 10.1 Å². The molecule has 1 N–H and O–H groups in total. The van der Waals surface area contributed by atoms with E-state index < -0.39 is 0 Å². The van der Waals surface area contributed by atoms with Crippen molar-refractivity contribution in [1.29, 1.82) is 0 Å². The van der Waals surface area contributed by atoms with E-state index in [0.717, 1.165) is 16.8 Å². The second kappa shape index (κ2) is 4.65. The third kappa shape index (κ3) is 2.76. The Hall–Kier alpha value is -1.51. The Morgan fingerprint density at radius 2 is 2.21 bits per heavy atom. The van der Waals surface area contributed by atoms with Gasteiger partial charge in [0.25, 0.3) is 0 Å². The van der Waals surface area contributed by atoms with E-state index >= 15 is 0 Å². The Morgan fingerprint density at radius 1 is 1.50 bits per heavy atom. The highest BCUT2D eigenvalue weighted by molar-refractivity contribution is 5.66. The van der Waals surface area contributed by atoms with Crippen molar-refractivity contribution in [2.75, 3.05) is 12.4 Å². The van der Waals surface area contributed by atoms with Crippen molar-refractivity contribution in [3.8, 4) is 0 Å². The largest absolute Gasteiger partial charge is 0.461 e. The summed E-state index contributed by atoms with van der Waals surface area (Å²) < 4.78 is 4.90. The number of carbonyl (C=O) groups excluding carboxylic acids is 1. The van der Waals surface area contributed by atoms with Gasteiger partial charge in [-0.05, 0) is 24.1 Å². The summed E-state index contributed by atoms with van der Waals surface area (Å²) in [5.74, 6) is -0.250. The van der Waals surface area contributed by atoms with Crippen molar-refractivity contribution >= 4 is 11.7 Å². The van der Waals surface area contributed by atoms with Gasteiger partial charge in [-0.3, -0.25) is 4.79 Å². The maximum atomic E-state index is 10.6. The molecule has 76 valence electrons. The molecule has 3 nitrogen and oxygen atoms in total. The third-order valence-electron chi connectivity index (χ3n) is 2.00. The highest BCUT2D eigenvalue weighted by Gasteiger charge is 1.99. The summed E-state index contributed by atoms with van der Waals surface area (Å²) in [6.07, 6.45) is 0. The number of benzene rings is 1. The van der Waals surface area contributed by atoms with Gasteiger partial charge in [0, 0.05) is 19.7 Å². The van der Waals surface area contributed by atoms with Gasteiger partial charge in [-0.2, -0.15) is 0 Å². The fraction of sp³-hybridized carbons (Fsp3) is 0.364. The fourth-order valence-corrected chi connectivity index (χ4v) is 1.28. The molecule has 0 spiro atoms. The number of carbonyl (C=O) groups is 1. The van der Waals surface area contributed by atoms with Crippen molar-refractivity contribution in [2.24, 2.45) is 0 Å². The van der Waals surface area contributed by atoms with E-state index in [1.54, 1.807) is 0 Å². The monoisotopic (exact) mass is 193 g/mol. The molecule has 14 heavy (non-hydrogen) atoms. The lowest BCUT2D eigenvalue weighted by atomic mass is 10.1. The van der Waals surface area contributed by atoms with Crippen molar-refractivity contribution in [3.63, 3.8) is 0 Å². The fourth-order valence-electron chi connectivity index (χ4n) is 1.28. The van der Waals surface area contributed by atoms with Crippen molar-refractivity contribution in [2.45, 2.75) is 20.5 Å². The summed E-state index contributed by atoms with van der Waals surface area (Å²) in [6.45, 7) is 3.78. The number of aryl methyl sites for hydroxylation is 1. The summed E-state index contributed by atoms with van der Waals surface area (Å²) in [7, 11) is 1.88. The van der Waals surface area contributed by atoms with Crippen LogP contribution in [-0.4, -0.2) is 13.0 Å². The maximum absolute atomic E-state index is 10.6. The normalized spacial score (nSPS) is 9.64. The van der Waals surface area contributed by atoms with Gasteiger partial charge in [0.2, 0.25) is 0 Å². The first kappa shape index (κ1) is 10.6. The number of esters is 1. The van der Waals surface area contributed by atoms with Gasteiger partial charge in [-0.15, -0.1) is 0 Å². The molecule has 0 fully saturated rings. The minimum atomic E-state index is -0.250. The first-order valence-electron chi connectivity index (χ1n) is 4.54. The molecule has 3 heteroatoms. The van der Waals surface area contributed by atoms with Crippen LogP contribution in [-0.2, 0) is 16.1 Å². The Morgan fingerprint density at radius 3 is 2.71 bits per heavy atom. The average Bonchev–Trinajstić information content (AvgIpc) is 2.15. The molecule has 1 aromatic carbocycles. The molecule has 0 aromatic heterocycles. The van der Waals surface area contributed by atoms with E-state index in [9.17, 15) is 4.79 Å². The molecule has 0 saturated heterocycles. The molecule has 0 aliphatic carbocycles. The molecule has 0 amide bonds. The van der Waals surface area contributed by atoms with Crippen molar-refractivity contribution in [3.05, 3.63) is 29.3 Å². The quantitative estimate of drug-likeness (QED) is 0.747. The number of hydrogen-bond donors (Lipinski definition) is 1. The highest BCUT2D eigenvalue weighted by atomic mass is 16.5. The highest BCUT2D eigenvalue weighted by Crippen LogP contribution is 2.16. The third-order valence-corrected chi connectivity index (χ3v) is 2.00. The molecule has 0 bridgehead atoms. The van der Waals surface area contributed by atoms with Gasteiger partial charge in [0.05, 0.1) is 0 Å². The van der Waals surface area contributed by atoms with E-state index in [-0.39, 0.29) is 5.97 Å². The van der Waals surface area contributed by atoms with Gasteiger partial charge in [-0.25, -0.2) is 0 Å². The lowest BCUT2D eigenvalue weighted by Crippen LogP contribution is -2.00. The molecule has 1 aromatic rings. The molecular formula is C11H15NO2. The van der Waals surface area contributed by atoms with Crippen LogP contribution in [0.5, 0.6) is 0 Å². The van der Waals surface area contributed by atoms with E-state index in [0.29, 0.717) is 6.61 Å². The Bertz CT molecular complexity index is 334. The van der Waals surface area contributed by atoms with Gasteiger partial charge in [0.15, 0.2) is 0 Å². The first-order valence-corrected chi connectivity index (χ1v) is 4.54. The topological polar surface area (TPSA) is 38.3 Å². The van der Waals surface area contributed by atoms with Crippen LogP contribution in [0.1, 0.15) is 18.1 Å². The average molecular weight is 193 g/mol. The Labute approximate surface area is 84.1 Å². The summed E-state index contributed by atoms with van der Waals surface area (Å²) in [4.78, 5) is 10.6. The zero-order chi connectivity index (χ0) is 10.6. The predicted molar refractivity (Wildman–Crippen MR) is 56.2 cm³/mol. The minimum Gasteiger partial charge on any atom is -0.461 e. The van der Waals surface area contributed by atoms with Crippen LogP contribution in [0.2, 0.25) is 0 Å². The van der Waals surface area contributed by atoms with Crippen LogP contribution in [0, 0.1) is 6.92 Å². The molecule has 0 atom stereocenters. The summed E-state index contributed by atoms with van der Waals surface area (Å²) in [6, 6.07) is 5.94. The zero-order valence-corrected chi connectivity index (χ0v) is 8.76. The standard InChI is InChI=1S/C11H15NO2/c1-8-6-10(7-14-9(2)13)4-5-11(8)12-3/h4-6,12H,7H2,1-3H3. The van der Waals surface area contributed by atoms with Crippen LogP contribution in [0.15, 0.2) is 18.2 Å². The second-order valence-corrected chi connectivity index (χ2v) is 3.18. The molecule has 0 aliphatic heterocycles. The summed E-state index contributed by atoms with van der Waals surface area (Å²) >= 11 is 0. The maximum Gasteiger partial charge on any atom is 0.302 e. The molecule has 0 heterocycles. The molecule has 0 unspecified atom stereocenters. The van der Waals surface area contributed by atoms with Crippen LogP contribution in [0.4, 0.5) is 5.69 Å². The first-order chi connectivity index (χ1) is 6.63. The van der Waals surface area contributed by atoms with E-state index in [4.69, 9.17) is 4.74 Å². The number of anilines is 1. The van der Waals surface area contributed by atoms with Crippen LogP contribution in [0.3, 0.4) is 0 Å². The van der Waals surface area contributed by atoms with Crippen LogP contribution < -0.4 is 5.32 Å². The lowest BCUT2D eigenvalue weighted by Gasteiger charge is -2.07. The zero-order valence-electron chi connectivity index (χ0n) is 8.76. The van der Waals surface area contributed by atoms with E-state index in [1.165, 1.54) is 6.92 Å². The lowest BCUT2D eigenvalue weighted by molar-refractivity contribution is -0.142. The summed E-state index contributed by atoms with van der Waals surface area (Å²) in [5.41, 5.74) is 3.26. The van der Waals surface area contributed by atoms with Crippen molar-refractivity contribution in [1.82, 2.24) is 0 Å². The molecule has 0 saturated carbocycles. The predicted octanol–water partition coefficient (Wildman–Crippen LogP) is 2.10. The van der Waals surface area contributed by atoms with Crippen LogP contribution >= 0.6 is 0 Å². The summed E-state index contributed by atoms with van der Waals surface area (Å²) in [5, 5.41) is 3.08. The number of ether oxygens (including phenoxy) is 1. The molecule has 0 radical (unpaired) electrons. The van der Waals surface area contributed by atoms with Gasteiger partial charge in [-0.1, -0.05) is 12.1 Å². The van der Waals surface area contributed by atoms with E-state index in [1.807, 2.05) is 32.2 Å². The van der Waals surface area contributed by atoms with Crippen molar-refractivity contribution < 1.29 is 9.53 Å². The molecule has 1 rings (SSSR count). The second-order valence-electron chi connectivity index (χ2n) is 3.18.